The lowest BCUT2D eigenvalue weighted by Crippen LogP contribution is -2.52. The van der Waals surface area contributed by atoms with Gasteiger partial charge in [-0.15, -0.1) is 0 Å². The molecular formula is C32H42F2N6O5. The van der Waals surface area contributed by atoms with Crippen molar-refractivity contribution in [2.45, 2.75) is 72.2 Å². The van der Waals surface area contributed by atoms with Gasteiger partial charge in [0.2, 0.25) is 5.91 Å². The predicted molar refractivity (Wildman–Crippen MR) is 164 cm³/mol. The number of hydrogen-bond acceptors (Lipinski definition) is 7. The van der Waals surface area contributed by atoms with Crippen molar-refractivity contribution in [3.63, 3.8) is 0 Å². The maximum atomic E-state index is 14.9. The van der Waals surface area contributed by atoms with Crippen molar-refractivity contribution < 1.29 is 33.0 Å². The van der Waals surface area contributed by atoms with E-state index in [1.165, 1.54) is 4.90 Å². The van der Waals surface area contributed by atoms with Crippen LogP contribution < -0.4 is 16.6 Å². The molecule has 1 aromatic heterocycles. The molecule has 0 fully saturated rings. The monoisotopic (exact) mass is 628 g/mol. The lowest BCUT2D eigenvalue weighted by Gasteiger charge is -2.40. The third-order valence-electron chi connectivity index (χ3n) is 6.85. The quantitative estimate of drug-likeness (QED) is 0.142. The van der Waals surface area contributed by atoms with E-state index in [2.05, 4.69) is 5.32 Å². The molecule has 0 spiro atoms. The first kappa shape index (κ1) is 35.1. The topological polar surface area (TPSA) is 152 Å². The second-order valence-electron chi connectivity index (χ2n) is 12.7. The van der Waals surface area contributed by atoms with Crippen LogP contribution in [0.25, 0.3) is 11.3 Å². The number of nitrogens with two attached hydrogens (primary N) is 1. The fourth-order valence-electron chi connectivity index (χ4n) is 4.95. The zero-order chi connectivity index (χ0) is 33.5. The summed E-state index contributed by atoms with van der Waals surface area (Å²) in [6.45, 7) is 9.89. The Kier molecular flexibility index (Phi) is 11.4. The number of rotatable bonds is 11. The van der Waals surface area contributed by atoms with E-state index < -0.39 is 59.2 Å². The Morgan fingerprint density at radius 2 is 1.73 bits per heavy atom. The molecule has 1 heterocycles. The third kappa shape index (κ3) is 9.56. The molecule has 45 heavy (non-hydrogen) atoms. The number of alkyl carbamates (subject to hydrolysis) is 1. The lowest BCUT2D eigenvalue weighted by atomic mass is 9.84. The molecule has 13 heteroatoms. The summed E-state index contributed by atoms with van der Waals surface area (Å²) in [7, 11) is 0. The summed E-state index contributed by atoms with van der Waals surface area (Å²) in [5.41, 5.74) is 1.43. The minimum absolute atomic E-state index is 0.0583. The number of aliphatic hydroxyl groups is 1. The fourth-order valence-corrected chi connectivity index (χ4v) is 4.95. The van der Waals surface area contributed by atoms with Gasteiger partial charge in [0.05, 0.1) is 11.7 Å². The minimum atomic E-state index is -1.19. The second kappa shape index (κ2) is 14.6. The summed E-state index contributed by atoms with van der Waals surface area (Å²) in [6.07, 6.45) is 0.629. The van der Waals surface area contributed by atoms with Crippen molar-refractivity contribution >= 4 is 17.9 Å². The van der Waals surface area contributed by atoms with E-state index in [-0.39, 0.29) is 30.8 Å². The standard InChI is InChI=1S/C32H42F2N6O5/c1-31(2,3)27(40(26(42)19-41)15-14-24(29(43)38-35)37-30(44)45-32(4,5)6)28-36-25(22-16-21(33)12-13-23(22)34)18-39(28)17-20-10-8-7-9-11-20/h7-13,16,18,24,27,41H,14-15,17,19,35H2,1-6H3,(H,37,44)(H,38,43)/t24-,27-/m0/s1. The van der Waals surface area contributed by atoms with Crippen molar-refractivity contribution in [1.29, 1.82) is 0 Å². The summed E-state index contributed by atoms with van der Waals surface area (Å²) in [5.74, 6) is 3.01. The molecule has 11 nitrogen and oxygen atoms in total. The molecule has 0 unspecified atom stereocenters. The van der Waals surface area contributed by atoms with Crippen LogP contribution in [0.4, 0.5) is 13.6 Å². The molecule has 2 atom stereocenters. The number of hydrazine groups is 1. The highest BCUT2D eigenvalue weighted by molar-refractivity contribution is 5.85. The number of aliphatic hydroxyl groups excluding tert-OH is 1. The van der Waals surface area contributed by atoms with Crippen LogP contribution in [0.1, 0.15) is 65.4 Å². The number of ether oxygens (including phenoxy) is 1. The average molecular weight is 629 g/mol. The Balaban J connectivity index is 2.11. The zero-order valence-corrected chi connectivity index (χ0v) is 26.4. The van der Waals surface area contributed by atoms with Crippen LogP contribution in [-0.4, -0.2) is 62.3 Å². The van der Waals surface area contributed by atoms with Crippen molar-refractivity contribution in [3.05, 3.63) is 77.8 Å². The smallest absolute Gasteiger partial charge is 0.408 e. The molecule has 5 N–H and O–H groups in total. The molecular weight excluding hydrogens is 586 g/mol. The normalized spacial score (nSPS) is 13.1. The molecule has 0 saturated carbocycles. The maximum Gasteiger partial charge on any atom is 0.408 e. The minimum Gasteiger partial charge on any atom is -0.444 e. The molecule has 0 aliphatic carbocycles. The van der Waals surface area contributed by atoms with Gasteiger partial charge >= 0.3 is 6.09 Å². The maximum absolute atomic E-state index is 14.9. The van der Waals surface area contributed by atoms with Crippen LogP contribution in [-0.2, 0) is 20.9 Å². The van der Waals surface area contributed by atoms with Crippen LogP contribution in [0.15, 0.2) is 54.7 Å². The van der Waals surface area contributed by atoms with E-state index in [1.807, 2.05) is 56.5 Å². The molecule has 3 amide bonds. The van der Waals surface area contributed by atoms with Gasteiger partial charge in [0, 0.05) is 24.8 Å². The summed E-state index contributed by atoms with van der Waals surface area (Å²) < 4.78 is 36.2. The molecule has 0 aliphatic heterocycles. The zero-order valence-electron chi connectivity index (χ0n) is 26.4. The number of nitrogens with one attached hydrogen (secondary N) is 2. The molecule has 0 aliphatic rings. The first-order valence-electron chi connectivity index (χ1n) is 14.5. The number of imidazole rings is 1. The number of amides is 3. The highest BCUT2D eigenvalue weighted by atomic mass is 19.1. The van der Waals surface area contributed by atoms with E-state index in [9.17, 15) is 28.3 Å². The van der Waals surface area contributed by atoms with Crippen molar-refractivity contribution in [2.75, 3.05) is 13.2 Å². The lowest BCUT2D eigenvalue weighted by molar-refractivity contribution is -0.140. The highest BCUT2D eigenvalue weighted by Gasteiger charge is 2.39. The number of hydrogen-bond donors (Lipinski definition) is 4. The van der Waals surface area contributed by atoms with E-state index in [4.69, 9.17) is 15.6 Å². The van der Waals surface area contributed by atoms with E-state index in [0.717, 1.165) is 23.8 Å². The predicted octanol–water partition coefficient (Wildman–Crippen LogP) is 4.06. The molecule has 244 valence electrons. The number of carbonyl (C=O) groups is 3. The summed E-state index contributed by atoms with van der Waals surface area (Å²) in [6, 6.07) is 10.4. The van der Waals surface area contributed by atoms with Gasteiger partial charge in [-0.1, -0.05) is 51.1 Å². The molecule has 0 bridgehead atoms. The SMILES string of the molecule is CC(C)(C)OC(=O)N[C@@H](CCN(C(=O)CO)[C@@H](c1nc(-c2cc(F)ccc2F)cn1Cc1ccccc1)C(C)(C)C)C(=O)NN. The fraction of sp³-hybridized carbons (Fsp3) is 0.438. The number of aromatic nitrogens is 2. The second-order valence-corrected chi connectivity index (χ2v) is 12.7. The van der Waals surface area contributed by atoms with Crippen LogP contribution in [0.2, 0.25) is 0 Å². The van der Waals surface area contributed by atoms with Crippen LogP contribution in [0.3, 0.4) is 0 Å². The van der Waals surface area contributed by atoms with Gasteiger partial charge in [0.25, 0.3) is 5.91 Å². The van der Waals surface area contributed by atoms with Gasteiger partial charge < -0.3 is 24.6 Å². The number of benzene rings is 2. The molecule has 2 aromatic carbocycles. The van der Waals surface area contributed by atoms with Gasteiger partial charge in [-0.25, -0.2) is 24.4 Å². The van der Waals surface area contributed by atoms with Gasteiger partial charge in [-0.3, -0.25) is 15.0 Å². The summed E-state index contributed by atoms with van der Waals surface area (Å²) >= 11 is 0. The number of nitrogens with zero attached hydrogens (tertiary/aromatic N) is 3. The highest BCUT2D eigenvalue weighted by Crippen LogP contribution is 2.39. The largest absolute Gasteiger partial charge is 0.444 e. The summed E-state index contributed by atoms with van der Waals surface area (Å²) in [4.78, 5) is 44.6. The van der Waals surface area contributed by atoms with Crippen molar-refractivity contribution in [3.8, 4) is 11.3 Å². The number of carbonyl (C=O) groups excluding carboxylic acids is 3. The van der Waals surface area contributed by atoms with Crippen LogP contribution >= 0.6 is 0 Å². The molecule has 0 saturated heterocycles. The van der Waals surface area contributed by atoms with Gasteiger partial charge in [-0.05, 0) is 56.4 Å². The average Bonchev–Trinajstić information content (AvgIpc) is 3.35. The van der Waals surface area contributed by atoms with Gasteiger partial charge in [-0.2, -0.15) is 0 Å². The van der Waals surface area contributed by atoms with Crippen LogP contribution in [0, 0.1) is 17.0 Å². The molecule has 3 aromatic rings. The Hall–Kier alpha value is -4.36. The Morgan fingerprint density at radius 1 is 1.07 bits per heavy atom. The first-order chi connectivity index (χ1) is 21.0. The Morgan fingerprint density at radius 3 is 2.31 bits per heavy atom. The number of halogens is 2. The Labute approximate surface area is 261 Å². The van der Waals surface area contributed by atoms with E-state index >= 15 is 0 Å². The van der Waals surface area contributed by atoms with E-state index in [0.29, 0.717) is 5.82 Å². The van der Waals surface area contributed by atoms with Crippen molar-refractivity contribution in [2.24, 2.45) is 11.3 Å². The molecule has 0 radical (unpaired) electrons. The molecule has 3 rings (SSSR count). The Bertz CT molecular complexity index is 1480. The van der Waals surface area contributed by atoms with Gasteiger partial charge in [0.15, 0.2) is 0 Å². The van der Waals surface area contributed by atoms with Gasteiger partial charge in [0.1, 0.15) is 35.7 Å². The van der Waals surface area contributed by atoms with E-state index in [1.54, 1.807) is 31.5 Å². The third-order valence-corrected chi connectivity index (χ3v) is 6.85. The van der Waals surface area contributed by atoms with Crippen LogP contribution in [0.5, 0.6) is 0 Å². The van der Waals surface area contributed by atoms with Crippen molar-refractivity contribution in [1.82, 2.24) is 25.2 Å². The first-order valence-corrected chi connectivity index (χ1v) is 14.5. The summed E-state index contributed by atoms with van der Waals surface area (Å²) in [5, 5.41) is 12.5.